The summed E-state index contributed by atoms with van der Waals surface area (Å²) >= 11 is 0. The molecular weight excluding hydrogens is 310 g/mol. The molecule has 2 aromatic rings. The summed E-state index contributed by atoms with van der Waals surface area (Å²) < 4.78 is 21.1. The van der Waals surface area contributed by atoms with Gasteiger partial charge in [0.15, 0.2) is 0 Å². The highest BCUT2D eigenvalue weighted by atomic mass is 19.1. The van der Waals surface area contributed by atoms with Gasteiger partial charge in [0.2, 0.25) is 0 Å². The highest BCUT2D eigenvalue weighted by molar-refractivity contribution is 6.34. The van der Waals surface area contributed by atoms with E-state index in [-0.39, 0.29) is 11.7 Å². The van der Waals surface area contributed by atoms with Crippen LogP contribution < -0.4 is 10.2 Å². The van der Waals surface area contributed by atoms with Crippen molar-refractivity contribution < 1.29 is 9.13 Å². The topological polar surface area (TPSA) is 9.23 Å². The molecule has 1 atom stereocenters. The van der Waals surface area contributed by atoms with Gasteiger partial charge >= 0.3 is 0 Å². The molecule has 0 amide bonds. The molecule has 1 aliphatic rings. The molecule has 0 N–H and O–H groups in total. The third-order valence-corrected chi connectivity index (χ3v) is 5.43. The van der Waals surface area contributed by atoms with Crippen LogP contribution in [0.25, 0.3) is 0 Å². The summed E-state index contributed by atoms with van der Waals surface area (Å²) in [6.07, 6.45) is 1.41. The molecule has 0 fully saturated rings. The molecular formula is C22H26BFO. The van der Waals surface area contributed by atoms with Gasteiger partial charge in [-0.05, 0) is 49.8 Å². The van der Waals surface area contributed by atoms with Crippen LogP contribution in [-0.2, 0) is 12.8 Å². The smallest absolute Gasteiger partial charge is 0.137 e. The van der Waals surface area contributed by atoms with Gasteiger partial charge in [-0.15, -0.1) is 0 Å². The van der Waals surface area contributed by atoms with Crippen LogP contribution in [0.1, 0.15) is 67.0 Å². The molecule has 0 aliphatic carbocycles. The average Bonchev–Trinajstić information content (AvgIpc) is 2.56. The number of hydrogen-bond donors (Lipinski definition) is 0. The first-order valence-corrected chi connectivity index (χ1v) is 9.23. The lowest BCUT2D eigenvalue weighted by atomic mass is 9.74. The highest BCUT2D eigenvalue weighted by Gasteiger charge is 2.34. The summed E-state index contributed by atoms with van der Waals surface area (Å²) in [6, 6.07) is 4.12. The molecule has 3 rings (SSSR count). The second-order valence-corrected chi connectivity index (χ2v) is 7.44. The minimum atomic E-state index is -0.148. The van der Waals surface area contributed by atoms with Crippen molar-refractivity contribution in [1.29, 1.82) is 0 Å². The van der Waals surface area contributed by atoms with Crippen LogP contribution in [0.3, 0.4) is 0 Å². The van der Waals surface area contributed by atoms with E-state index in [4.69, 9.17) is 12.6 Å². The molecule has 0 bridgehead atoms. The monoisotopic (exact) mass is 336 g/mol. The van der Waals surface area contributed by atoms with Crippen LogP contribution in [0.15, 0.2) is 12.1 Å². The van der Waals surface area contributed by atoms with Crippen molar-refractivity contribution in [2.24, 2.45) is 5.92 Å². The number of aryl methyl sites for hydroxylation is 2. The lowest BCUT2D eigenvalue weighted by Crippen LogP contribution is -2.23. The maximum absolute atomic E-state index is 14.7. The van der Waals surface area contributed by atoms with Crippen molar-refractivity contribution in [3.63, 3.8) is 0 Å². The highest BCUT2D eigenvalue weighted by Crippen LogP contribution is 2.51. The Morgan fingerprint density at radius 3 is 2.04 bits per heavy atom. The summed E-state index contributed by atoms with van der Waals surface area (Å²) in [5, 5.41) is 0. The molecule has 1 heterocycles. The zero-order valence-corrected chi connectivity index (χ0v) is 16.1. The van der Waals surface area contributed by atoms with Gasteiger partial charge in [-0.25, -0.2) is 4.39 Å². The number of ether oxygens (including phenoxy) is 1. The van der Waals surface area contributed by atoms with E-state index >= 15 is 0 Å². The number of halogens is 1. The molecule has 1 aliphatic heterocycles. The van der Waals surface area contributed by atoms with Crippen molar-refractivity contribution in [2.75, 3.05) is 0 Å². The van der Waals surface area contributed by atoms with E-state index in [0.29, 0.717) is 29.2 Å². The number of hydrogen-bond acceptors (Lipinski definition) is 1. The zero-order chi connectivity index (χ0) is 18.5. The van der Waals surface area contributed by atoms with Gasteiger partial charge in [0.05, 0.1) is 0 Å². The molecule has 2 radical (unpaired) electrons. The summed E-state index contributed by atoms with van der Waals surface area (Å²) in [5.41, 5.74) is 6.56. The largest absolute Gasteiger partial charge is 0.456 e. The molecule has 0 aromatic heterocycles. The number of rotatable bonds is 3. The molecule has 130 valence electrons. The van der Waals surface area contributed by atoms with Gasteiger partial charge in [0, 0.05) is 22.6 Å². The van der Waals surface area contributed by atoms with Crippen LogP contribution in [-0.4, -0.2) is 7.85 Å². The molecule has 1 nitrogen and oxygen atoms in total. The number of fused-ring (bicyclic) bond motifs is 2. The SMILES string of the molecule is [B]c1c(C)cc2c(c1CC)Oc1c(cc(C)c(F)c1CC)C2C(C)C. The molecule has 0 saturated heterocycles. The van der Waals surface area contributed by atoms with E-state index in [0.717, 1.165) is 34.3 Å². The van der Waals surface area contributed by atoms with E-state index in [1.165, 1.54) is 5.56 Å². The Kier molecular flexibility index (Phi) is 4.70. The maximum Gasteiger partial charge on any atom is 0.137 e. The summed E-state index contributed by atoms with van der Waals surface area (Å²) in [4.78, 5) is 0. The predicted octanol–water partition coefficient (Wildman–Crippen LogP) is 5.25. The fourth-order valence-corrected chi connectivity index (χ4v) is 4.14. The Morgan fingerprint density at radius 2 is 1.52 bits per heavy atom. The van der Waals surface area contributed by atoms with Crippen molar-refractivity contribution in [2.45, 2.75) is 60.3 Å². The minimum absolute atomic E-state index is 0.148. The summed E-state index contributed by atoms with van der Waals surface area (Å²) in [6.45, 7) is 12.4. The van der Waals surface area contributed by atoms with Crippen molar-refractivity contribution in [3.05, 3.63) is 51.3 Å². The van der Waals surface area contributed by atoms with E-state index in [2.05, 4.69) is 33.8 Å². The Hall–Kier alpha value is -1.77. The van der Waals surface area contributed by atoms with Crippen molar-refractivity contribution in [3.8, 4) is 11.5 Å². The molecule has 3 heteroatoms. The fourth-order valence-electron chi connectivity index (χ4n) is 4.14. The van der Waals surface area contributed by atoms with Gasteiger partial charge in [-0.1, -0.05) is 44.8 Å². The first-order chi connectivity index (χ1) is 11.8. The predicted molar refractivity (Wildman–Crippen MR) is 103 cm³/mol. The Labute approximate surface area is 152 Å². The normalized spacial score (nSPS) is 15.8. The van der Waals surface area contributed by atoms with Crippen LogP contribution in [0, 0.1) is 25.6 Å². The second-order valence-electron chi connectivity index (χ2n) is 7.44. The maximum atomic E-state index is 14.7. The first-order valence-electron chi connectivity index (χ1n) is 9.23. The van der Waals surface area contributed by atoms with Gasteiger partial charge in [0.25, 0.3) is 0 Å². The Balaban J connectivity index is 2.37. The van der Waals surface area contributed by atoms with Crippen LogP contribution >= 0.6 is 0 Å². The van der Waals surface area contributed by atoms with Gasteiger partial charge in [-0.2, -0.15) is 0 Å². The van der Waals surface area contributed by atoms with Crippen LogP contribution in [0.4, 0.5) is 4.39 Å². The lowest BCUT2D eigenvalue weighted by molar-refractivity contribution is 0.405. The molecule has 2 aromatic carbocycles. The molecule has 0 spiro atoms. The van der Waals surface area contributed by atoms with E-state index < -0.39 is 0 Å². The zero-order valence-electron chi connectivity index (χ0n) is 16.1. The minimum Gasteiger partial charge on any atom is -0.456 e. The standard InChI is InChI=1S/C22H26BFO/c1-7-14-19(23)12(5)9-16-18(11(3)4)17-10-13(6)20(24)15(8-2)22(17)25-21(14)16/h9-11,18H,7-8H2,1-6H3. The van der Waals surface area contributed by atoms with E-state index in [1.807, 2.05) is 19.9 Å². The molecule has 1 unspecified atom stereocenters. The third-order valence-electron chi connectivity index (χ3n) is 5.43. The van der Waals surface area contributed by atoms with Gasteiger partial charge < -0.3 is 4.74 Å². The van der Waals surface area contributed by atoms with Crippen LogP contribution in [0.2, 0.25) is 0 Å². The third kappa shape index (κ3) is 2.68. The Morgan fingerprint density at radius 1 is 1.00 bits per heavy atom. The Bertz CT molecular complexity index is 773. The van der Waals surface area contributed by atoms with E-state index in [1.54, 1.807) is 0 Å². The molecule has 25 heavy (non-hydrogen) atoms. The summed E-state index contributed by atoms with van der Waals surface area (Å²) in [7, 11) is 6.33. The van der Waals surface area contributed by atoms with Crippen molar-refractivity contribution >= 4 is 13.3 Å². The average molecular weight is 336 g/mol. The lowest BCUT2D eigenvalue weighted by Gasteiger charge is -2.35. The second kappa shape index (κ2) is 6.51. The molecule has 0 saturated carbocycles. The summed E-state index contributed by atoms with van der Waals surface area (Å²) in [5.74, 6) is 1.96. The van der Waals surface area contributed by atoms with Crippen LogP contribution in [0.5, 0.6) is 11.5 Å². The van der Waals surface area contributed by atoms with Gasteiger partial charge in [0.1, 0.15) is 25.2 Å². The van der Waals surface area contributed by atoms with Gasteiger partial charge in [-0.3, -0.25) is 0 Å². The van der Waals surface area contributed by atoms with E-state index in [9.17, 15) is 4.39 Å². The quantitative estimate of drug-likeness (QED) is 0.695. The fraction of sp³-hybridized carbons (Fsp3) is 0.455. The number of benzene rings is 2. The first kappa shape index (κ1) is 18.0. The van der Waals surface area contributed by atoms with Crippen molar-refractivity contribution in [1.82, 2.24) is 0 Å².